The normalized spacial score (nSPS) is 15.7. The van der Waals surface area contributed by atoms with Crippen molar-refractivity contribution < 1.29 is 23.4 Å². The minimum absolute atomic E-state index is 0.293. The predicted molar refractivity (Wildman–Crippen MR) is 54.4 cm³/mol. The Morgan fingerprint density at radius 2 is 2.24 bits per heavy atom. The van der Waals surface area contributed by atoms with Crippen LogP contribution in [0.5, 0.6) is 5.88 Å². The first kappa shape index (κ1) is 11.8. The van der Waals surface area contributed by atoms with Crippen molar-refractivity contribution in [2.45, 2.75) is 31.8 Å². The van der Waals surface area contributed by atoms with E-state index in [1.165, 1.54) is 12.3 Å². The fourth-order valence-corrected chi connectivity index (χ4v) is 1.76. The van der Waals surface area contributed by atoms with Crippen LogP contribution in [-0.4, -0.2) is 22.7 Å². The molecule has 92 valence electrons. The molecule has 0 bridgehead atoms. The van der Waals surface area contributed by atoms with Gasteiger partial charge in [0.05, 0.1) is 0 Å². The van der Waals surface area contributed by atoms with Gasteiger partial charge in [-0.1, -0.05) is 6.42 Å². The van der Waals surface area contributed by atoms with Gasteiger partial charge < -0.3 is 9.84 Å². The third-order valence-electron chi connectivity index (χ3n) is 2.88. The summed E-state index contributed by atoms with van der Waals surface area (Å²) in [6, 6.07) is 1.37. The lowest BCUT2D eigenvalue weighted by Crippen LogP contribution is -2.13. The van der Waals surface area contributed by atoms with Crippen LogP contribution in [0.2, 0.25) is 0 Å². The van der Waals surface area contributed by atoms with Gasteiger partial charge in [-0.05, 0) is 30.4 Å². The molecule has 0 amide bonds. The number of nitrogens with zero attached hydrogens (tertiary/aromatic N) is 1. The van der Waals surface area contributed by atoms with Gasteiger partial charge in [0.15, 0.2) is 0 Å². The van der Waals surface area contributed by atoms with Crippen LogP contribution in [0.3, 0.4) is 0 Å². The van der Waals surface area contributed by atoms with Crippen molar-refractivity contribution in [2.75, 3.05) is 0 Å². The molecular formula is C11H11F2NO3. The Bertz CT molecular complexity index is 433. The van der Waals surface area contributed by atoms with Crippen LogP contribution < -0.4 is 4.74 Å². The topological polar surface area (TPSA) is 59.4 Å². The molecule has 0 aliphatic heterocycles. The number of pyridine rings is 1. The zero-order valence-electron chi connectivity index (χ0n) is 8.90. The summed E-state index contributed by atoms with van der Waals surface area (Å²) in [6.07, 6.45) is 4.47. The molecule has 0 unspecified atom stereocenters. The average Bonchev–Trinajstić information content (AvgIpc) is 2.16. The molecule has 2 rings (SSSR count). The maximum absolute atomic E-state index is 12.0. The monoisotopic (exact) mass is 243 g/mol. The molecule has 17 heavy (non-hydrogen) atoms. The largest absolute Gasteiger partial charge is 0.477 e. The van der Waals surface area contributed by atoms with Gasteiger partial charge >= 0.3 is 12.6 Å². The van der Waals surface area contributed by atoms with Gasteiger partial charge in [0.2, 0.25) is 5.88 Å². The lowest BCUT2D eigenvalue weighted by Gasteiger charge is -2.25. The number of ether oxygens (including phenoxy) is 1. The van der Waals surface area contributed by atoms with E-state index in [9.17, 15) is 13.6 Å². The highest BCUT2D eigenvalue weighted by molar-refractivity contribution is 5.90. The summed E-state index contributed by atoms with van der Waals surface area (Å²) in [6.45, 7) is -3.07. The van der Waals surface area contributed by atoms with Crippen LogP contribution in [0.4, 0.5) is 8.78 Å². The minimum atomic E-state index is -3.07. The zero-order valence-corrected chi connectivity index (χ0v) is 8.90. The Balaban J connectivity index is 2.30. The van der Waals surface area contributed by atoms with Crippen molar-refractivity contribution in [3.63, 3.8) is 0 Å². The van der Waals surface area contributed by atoms with E-state index >= 15 is 0 Å². The van der Waals surface area contributed by atoms with Crippen molar-refractivity contribution in [3.8, 4) is 5.88 Å². The molecule has 1 aliphatic carbocycles. The molecule has 1 aliphatic rings. The number of hydrogen-bond acceptors (Lipinski definition) is 3. The Kier molecular flexibility index (Phi) is 3.21. The standard InChI is InChI=1S/C11H11F2NO3/c12-11(13)17-9-8(10(15)16)4-7(5-14-9)6-2-1-3-6/h4-6,11H,1-3H2,(H,15,16). The molecule has 1 N–H and O–H groups in total. The van der Waals surface area contributed by atoms with E-state index in [2.05, 4.69) is 9.72 Å². The third-order valence-corrected chi connectivity index (χ3v) is 2.88. The van der Waals surface area contributed by atoms with Gasteiger partial charge in [-0.3, -0.25) is 0 Å². The van der Waals surface area contributed by atoms with Gasteiger partial charge in [-0.15, -0.1) is 0 Å². The second kappa shape index (κ2) is 4.65. The Morgan fingerprint density at radius 3 is 2.71 bits per heavy atom. The van der Waals surface area contributed by atoms with Crippen molar-refractivity contribution >= 4 is 5.97 Å². The van der Waals surface area contributed by atoms with Gasteiger partial charge in [0.1, 0.15) is 5.56 Å². The molecule has 6 heteroatoms. The molecule has 1 saturated carbocycles. The third kappa shape index (κ3) is 2.51. The van der Waals surface area contributed by atoms with Crippen LogP contribution in [-0.2, 0) is 0 Å². The number of carboxylic acids is 1. The summed E-state index contributed by atoms with van der Waals surface area (Å²) in [7, 11) is 0. The predicted octanol–water partition coefficient (Wildman–Crippen LogP) is 2.65. The molecule has 1 aromatic rings. The molecule has 0 atom stereocenters. The summed E-state index contributed by atoms with van der Waals surface area (Å²) in [5, 5.41) is 8.91. The number of hydrogen-bond donors (Lipinski definition) is 1. The van der Waals surface area contributed by atoms with Crippen molar-refractivity contribution in [3.05, 3.63) is 23.4 Å². The second-order valence-corrected chi connectivity index (χ2v) is 3.93. The van der Waals surface area contributed by atoms with Crippen molar-refractivity contribution in [1.82, 2.24) is 4.98 Å². The van der Waals surface area contributed by atoms with E-state index in [4.69, 9.17) is 5.11 Å². The zero-order chi connectivity index (χ0) is 12.4. The molecule has 0 saturated heterocycles. The minimum Gasteiger partial charge on any atom is -0.477 e. The van der Waals surface area contributed by atoms with Gasteiger partial charge in [0.25, 0.3) is 0 Å². The number of aromatic nitrogens is 1. The SMILES string of the molecule is O=C(O)c1cc(C2CCC2)cnc1OC(F)F. The molecule has 1 heterocycles. The molecular weight excluding hydrogens is 232 g/mol. The van der Waals surface area contributed by atoms with Crippen LogP contribution in [0.15, 0.2) is 12.3 Å². The van der Waals surface area contributed by atoms with E-state index in [0.717, 1.165) is 24.8 Å². The lowest BCUT2D eigenvalue weighted by molar-refractivity contribution is -0.0533. The fraction of sp³-hybridized carbons (Fsp3) is 0.455. The number of alkyl halides is 2. The average molecular weight is 243 g/mol. The molecule has 0 spiro atoms. The summed E-state index contributed by atoms with van der Waals surface area (Å²) in [5.74, 6) is -1.55. The van der Waals surface area contributed by atoms with E-state index in [0.29, 0.717) is 5.92 Å². The number of carbonyl (C=O) groups is 1. The summed E-state index contributed by atoms with van der Waals surface area (Å²) < 4.78 is 28.2. The first-order valence-electron chi connectivity index (χ1n) is 5.26. The molecule has 0 aromatic carbocycles. The highest BCUT2D eigenvalue weighted by Crippen LogP contribution is 2.37. The van der Waals surface area contributed by atoms with Gasteiger partial charge in [0, 0.05) is 6.20 Å². The van der Waals surface area contributed by atoms with Crippen molar-refractivity contribution in [1.29, 1.82) is 0 Å². The molecule has 1 aromatic heterocycles. The number of rotatable bonds is 4. The Hall–Kier alpha value is -1.72. The van der Waals surface area contributed by atoms with E-state index in [1.54, 1.807) is 0 Å². The van der Waals surface area contributed by atoms with Crippen LogP contribution in [0, 0.1) is 0 Å². The summed E-state index contributed by atoms with van der Waals surface area (Å²) >= 11 is 0. The maximum Gasteiger partial charge on any atom is 0.388 e. The van der Waals surface area contributed by atoms with E-state index < -0.39 is 18.5 Å². The number of halogens is 2. The summed E-state index contributed by atoms with van der Waals surface area (Å²) in [5.41, 5.74) is 0.463. The highest BCUT2D eigenvalue weighted by Gasteiger charge is 2.23. The second-order valence-electron chi connectivity index (χ2n) is 3.93. The van der Waals surface area contributed by atoms with Crippen LogP contribution in [0.25, 0.3) is 0 Å². The van der Waals surface area contributed by atoms with E-state index in [1.807, 2.05) is 0 Å². The maximum atomic E-state index is 12.0. The number of aromatic carboxylic acids is 1. The summed E-state index contributed by atoms with van der Waals surface area (Å²) in [4.78, 5) is 14.6. The fourth-order valence-electron chi connectivity index (χ4n) is 1.76. The molecule has 0 radical (unpaired) electrons. The molecule has 1 fully saturated rings. The Labute approximate surface area is 96.2 Å². The Morgan fingerprint density at radius 1 is 1.53 bits per heavy atom. The molecule has 4 nitrogen and oxygen atoms in total. The van der Waals surface area contributed by atoms with Crippen molar-refractivity contribution in [2.24, 2.45) is 0 Å². The first-order valence-corrected chi connectivity index (χ1v) is 5.26. The first-order chi connectivity index (χ1) is 8.08. The van der Waals surface area contributed by atoms with E-state index in [-0.39, 0.29) is 5.56 Å². The van der Waals surface area contributed by atoms with Crippen LogP contribution in [0.1, 0.15) is 41.1 Å². The van der Waals surface area contributed by atoms with Gasteiger partial charge in [-0.2, -0.15) is 8.78 Å². The lowest BCUT2D eigenvalue weighted by atomic mass is 9.80. The quantitative estimate of drug-likeness (QED) is 0.883. The number of carboxylic acid groups (broad SMARTS) is 1. The highest BCUT2D eigenvalue weighted by atomic mass is 19.3. The smallest absolute Gasteiger partial charge is 0.388 e. The van der Waals surface area contributed by atoms with Gasteiger partial charge in [-0.25, -0.2) is 9.78 Å². The van der Waals surface area contributed by atoms with Crippen LogP contribution >= 0.6 is 0 Å².